The molecular weight excluding hydrogens is 270 g/mol. The number of carbonyl (C=O) groups excluding carboxylic acids is 1. The summed E-state index contributed by atoms with van der Waals surface area (Å²) in [5.74, 6) is 0. The van der Waals surface area contributed by atoms with Crippen molar-refractivity contribution in [1.82, 2.24) is 4.90 Å². The third-order valence-corrected chi connectivity index (χ3v) is 3.75. The van der Waals surface area contributed by atoms with Crippen LogP contribution in [0.5, 0.6) is 0 Å². The van der Waals surface area contributed by atoms with Crippen LogP contribution in [0.4, 0.5) is 10.5 Å². The standard InChI is InChI=1S/C15H21N3OS/c1-11-5-4-6-12(9-11)17-15(19)18(10-14(16)20)13-7-2-3-8-13/h4-6,9,13H,2-3,7-8,10H2,1H3,(H2,16,20)(H,17,19). The average molecular weight is 291 g/mol. The molecule has 0 aliphatic heterocycles. The van der Waals surface area contributed by atoms with E-state index in [1.165, 1.54) is 0 Å². The van der Waals surface area contributed by atoms with Crippen LogP contribution in [0.2, 0.25) is 0 Å². The number of urea groups is 1. The third-order valence-electron chi connectivity index (χ3n) is 3.62. The summed E-state index contributed by atoms with van der Waals surface area (Å²) in [7, 11) is 0. The molecule has 108 valence electrons. The lowest BCUT2D eigenvalue weighted by Crippen LogP contribution is -2.45. The summed E-state index contributed by atoms with van der Waals surface area (Å²) in [5.41, 5.74) is 7.55. The monoisotopic (exact) mass is 291 g/mol. The lowest BCUT2D eigenvalue weighted by molar-refractivity contribution is 0.199. The molecule has 3 N–H and O–H groups in total. The Balaban J connectivity index is 2.07. The fraction of sp³-hybridized carbons (Fsp3) is 0.467. The largest absolute Gasteiger partial charge is 0.392 e. The summed E-state index contributed by atoms with van der Waals surface area (Å²) >= 11 is 4.97. The van der Waals surface area contributed by atoms with Crippen molar-refractivity contribution < 1.29 is 4.79 Å². The van der Waals surface area contributed by atoms with Crippen molar-refractivity contribution in [3.8, 4) is 0 Å². The minimum Gasteiger partial charge on any atom is -0.392 e. The highest BCUT2D eigenvalue weighted by atomic mass is 32.1. The van der Waals surface area contributed by atoms with Gasteiger partial charge in [0, 0.05) is 11.7 Å². The molecule has 1 saturated carbocycles. The van der Waals surface area contributed by atoms with Crippen molar-refractivity contribution in [2.75, 3.05) is 11.9 Å². The first-order valence-corrected chi connectivity index (χ1v) is 7.39. The summed E-state index contributed by atoms with van der Waals surface area (Å²) < 4.78 is 0. The number of hydrogen-bond donors (Lipinski definition) is 2. The van der Waals surface area contributed by atoms with Gasteiger partial charge in [-0.15, -0.1) is 0 Å². The first kappa shape index (κ1) is 14.8. The number of thiocarbonyl (C=S) groups is 1. The Hall–Kier alpha value is -1.62. The molecule has 0 aromatic heterocycles. The lowest BCUT2D eigenvalue weighted by Gasteiger charge is -2.28. The van der Waals surface area contributed by atoms with Crippen LogP contribution in [0.3, 0.4) is 0 Å². The number of rotatable bonds is 4. The molecule has 0 spiro atoms. The molecule has 0 radical (unpaired) electrons. The van der Waals surface area contributed by atoms with Gasteiger partial charge >= 0.3 is 6.03 Å². The second-order valence-electron chi connectivity index (χ2n) is 5.33. The molecule has 1 aliphatic carbocycles. The second kappa shape index (κ2) is 6.70. The Kier molecular flexibility index (Phi) is 4.95. The van der Waals surface area contributed by atoms with Gasteiger partial charge in [0.1, 0.15) is 0 Å². The van der Waals surface area contributed by atoms with E-state index in [1.807, 2.05) is 31.2 Å². The van der Waals surface area contributed by atoms with Gasteiger partial charge in [-0.1, -0.05) is 37.2 Å². The van der Waals surface area contributed by atoms with Gasteiger partial charge in [-0.3, -0.25) is 0 Å². The van der Waals surface area contributed by atoms with Gasteiger partial charge in [0.2, 0.25) is 0 Å². The van der Waals surface area contributed by atoms with E-state index in [0.29, 0.717) is 11.5 Å². The van der Waals surface area contributed by atoms with Gasteiger partial charge in [0.05, 0.1) is 11.5 Å². The number of aryl methyl sites for hydroxylation is 1. The quantitative estimate of drug-likeness (QED) is 0.838. The zero-order valence-corrected chi connectivity index (χ0v) is 12.6. The first-order valence-electron chi connectivity index (χ1n) is 6.99. The minimum absolute atomic E-state index is 0.115. The highest BCUT2D eigenvalue weighted by molar-refractivity contribution is 7.80. The predicted molar refractivity (Wildman–Crippen MR) is 85.9 cm³/mol. The molecule has 0 saturated heterocycles. The molecule has 1 aromatic rings. The number of hydrogen-bond acceptors (Lipinski definition) is 2. The van der Waals surface area contributed by atoms with Gasteiger partial charge in [0.15, 0.2) is 0 Å². The van der Waals surface area contributed by atoms with Crippen LogP contribution >= 0.6 is 12.2 Å². The van der Waals surface area contributed by atoms with Crippen molar-refractivity contribution in [2.24, 2.45) is 5.73 Å². The number of nitrogens with two attached hydrogens (primary N) is 1. The van der Waals surface area contributed by atoms with E-state index in [0.717, 1.165) is 36.9 Å². The SMILES string of the molecule is Cc1cccc(NC(=O)N(CC(N)=S)C2CCCC2)c1. The maximum Gasteiger partial charge on any atom is 0.322 e. The minimum atomic E-state index is -0.115. The third kappa shape index (κ3) is 3.93. The Morgan fingerprint density at radius 1 is 1.45 bits per heavy atom. The summed E-state index contributed by atoms with van der Waals surface area (Å²) in [4.78, 5) is 14.6. The van der Waals surface area contributed by atoms with Crippen LogP contribution in [-0.2, 0) is 0 Å². The van der Waals surface area contributed by atoms with Crippen LogP contribution in [-0.4, -0.2) is 28.5 Å². The highest BCUT2D eigenvalue weighted by Crippen LogP contribution is 2.24. The van der Waals surface area contributed by atoms with E-state index in [9.17, 15) is 4.79 Å². The topological polar surface area (TPSA) is 58.4 Å². The number of nitrogens with zero attached hydrogens (tertiary/aromatic N) is 1. The van der Waals surface area contributed by atoms with Gasteiger partial charge in [-0.05, 0) is 37.5 Å². The van der Waals surface area contributed by atoms with Gasteiger partial charge in [-0.25, -0.2) is 4.79 Å². The Morgan fingerprint density at radius 2 is 2.15 bits per heavy atom. The number of carbonyl (C=O) groups is 1. The maximum absolute atomic E-state index is 12.4. The van der Waals surface area contributed by atoms with Crippen molar-refractivity contribution in [2.45, 2.75) is 38.6 Å². The Labute approximate surface area is 125 Å². The van der Waals surface area contributed by atoms with Crippen molar-refractivity contribution in [3.05, 3.63) is 29.8 Å². The molecule has 20 heavy (non-hydrogen) atoms. The number of nitrogens with one attached hydrogen (secondary N) is 1. The fourth-order valence-corrected chi connectivity index (χ4v) is 2.81. The van der Waals surface area contributed by atoms with E-state index < -0.39 is 0 Å². The second-order valence-corrected chi connectivity index (χ2v) is 5.86. The molecule has 2 amide bonds. The van der Waals surface area contributed by atoms with Crippen LogP contribution in [0.25, 0.3) is 0 Å². The van der Waals surface area contributed by atoms with Crippen molar-refractivity contribution >= 4 is 28.9 Å². The molecule has 0 heterocycles. The summed E-state index contributed by atoms with van der Waals surface area (Å²) in [5, 5.41) is 2.94. The van der Waals surface area contributed by atoms with E-state index in [2.05, 4.69) is 5.32 Å². The average Bonchev–Trinajstić information content (AvgIpc) is 2.89. The number of benzene rings is 1. The summed E-state index contributed by atoms with van der Waals surface area (Å²) in [6.07, 6.45) is 4.39. The molecule has 0 atom stereocenters. The van der Waals surface area contributed by atoms with E-state index >= 15 is 0 Å². The molecule has 4 nitrogen and oxygen atoms in total. The predicted octanol–water partition coefficient (Wildman–Crippen LogP) is 3.06. The highest BCUT2D eigenvalue weighted by Gasteiger charge is 2.27. The normalized spacial score (nSPS) is 15.1. The molecule has 5 heteroatoms. The molecule has 1 fully saturated rings. The van der Waals surface area contributed by atoms with Crippen LogP contribution in [0, 0.1) is 6.92 Å². The molecule has 0 bridgehead atoms. The van der Waals surface area contributed by atoms with Gasteiger partial charge in [-0.2, -0.15) is 0 Å². The Bertz CT molecular complexity index is 498. The summed E-state index contributed by atoms with van der Waals surface area (Å²) in [6, 6.07) is 7.90. The molecule has 0 unspecified atom stereocenters. The van der Waals surface area contributed by atoms with Gasteiger partial charge < -0.3 is 16.0 Å². The van der Waals surface area contributed by atoms with E-state index in [-0.39, 0.29) is 12.1 Å². The number of anilines is 1. The number of amides is 2. The molecule has 1 aromatic carbocycles. The zero-order valence-electron chi connectivity index (χ0n) is 11.8. The van der Waals surface area contributed by atoms with Crippen LogP contribution in [0.1, 0.15) is 31.2 Å². The van der Waals surface area contributed by atoms with Crippen molar-refractivity contribution in [1.29, 1.82) is 0 Å². The van der Waals surface area contributed by atoms with E-state index in [4.69, 9.17) is 18.0 Å². The Morgan fingerprint density at radius 3 is 2.75 bits per heavy atom. The molecule has 2 rings (SSSR count). The summed E-state index contributed by atoms with van der Waals surface area (Å²) in [6.45, 7) is 2.34. The first-order chi connectivity index (χ1) is 9.56. The fourth-order valence-electron chi connectivity index (χ4n) is 2.67. The van der Waals surface area contributed by atoms with Crippen LogP contribution in [0.15, 0.2) is 24.3 Å². The van der Waals surface area contributed by atoms with Crippen LogP contribution < -0.4 is 11.1 Å². The van der Waals surface area contributed by atoms with E-state index in [1.54, 1.807) is 4.90 Å². The smallest absolute Gasteiger partial charge is 0.322 e. The zero-order chi connectivity index (χ0) is 14.5. The molecular formula is C15H21N3OS. The van der Waals surface area contributed by atoms with Gasteiger partial charge in [0.25, 0.3) is 0 Å². The lowest BCUT2D eigenvalue weighted by atomic mass is 10.2. The van der Waals surface area contributed by atoms with Crippen molar-refractivity contribution in [3.63, 3.8) is 0 Å². The maximum atomic E-state index is 12.4. The molecule has 1 aliphatic rings.